The minimum atomic E-state index is -0.130. The molecule has 0 radical (unpaired) electrons. The standard InChI is InChI=1S/C15H15BrN2O2S/c1-10(19)18-12-4-2-11(3-5-12)15(20)17-9-8-13-6-7-14(16)21-13/h2-7H,8-9H2,1H3,(H,17,20)(H,18,19). The Kier molecular flexibility index (Phi) is 5.52. The summed E-state index contributed by atoms with van der Waals surface area (Å²) >= 11 is 5.08. The van der Waals surface area contributed by atoms with E-state index in [-0.39, 0.29) is 11.8 Å². The molecule has 0 saturated carbocycles. The molecule has 2 rings (SSSR count). The van der Waals surface area contributed by atoms with Gasteiger partial charge in [-0.25, -0.2) is 0 Å². The fourth-order valence-corrected chi connectivity index (χ4v) is 3.28. The number of anilines is 1. The molecule has 0 fully saturated rings. The average Bonchev–Trinajstić information content (AvgIpc) is 2.84. The molecule has 0 unspecified atom stereocenters. The lowest BCUT2D eigenvalue weighted by Gasteiger charge is -2.06. The monoisotopic (exact) mass is 366 g/mol. The molecule has 1 aromatic heterocycles. The number of benzene rings is 1. The third-order valence-corrected chi connectivity index (χ3v) is 4.44. The van der Waals surface area contributed by atoms with E-state index in [0.29, 0.717) is 17.8 Å². The molecule has 0 aliphatic heterocycles. The molecule has 0 bridgehead atoms. The Labute approximate surface area is 135 Å². The van der Waals surface area contributed by atoms with E-state index in [0.717, 1.165) is 10.2 Å². The van der Waals surface area contributed by atoms with Crippen molar-refractivity contribution in [1.82, 2.24) is 5.32 Å². The summed E-state index contributed by atoms with van der Waals surface area (Å²) in [7, 11) is 0. The van der Waals surface area contributed by atoms with E-state index in [1.807, 2.05) is 12.1 Å². The number of rotatable bonds is 5. The van der Waals surface area contributed by atoms with Crippen LogP contribution in [0.4, 0.5) is 5.69 Å². The molecule has 4 nitrogen and oxygen atoms in total. The molecule has 6 heteroatoms. The first-order valence-corrected chi connectivity index (χ1v) is 8.05. The van der Waals surface area contributed by atoms with Crippen molar-refractivity contribution in [1.29, 1.82) is 0 Å². The Balaban J connectivity index is 1.84. The van der Waals surface area contributed by atoms with Crippen molar-refractivity contribution < 1.29 is 9.59 Å². The first kappa shape index (κ1) is 15.7. The number of amides is 2. The van der Waals surface area contributed by atoms with Gasteiger partial charge in [0.1, 0.15) is 0 Å². The smallest absolute Gasteiger partial charge is 0.251 e. The summed E-state index contributed by atoms with van der Waals surface area (Å²) in [4.78, 5) is 24.1. The van der Waals surface area contributed by atoms with Gasteiger partial charge in [0.2, 0.25) is 5.91 Å². The van der Waals surface area contributed by atoms with E-state index in [1.54, 1.807) is 35.6 Å². The highest BCUT2D eigenvalue weighted by atomic mass is 79.9. The third-order valence-electron chi connectivity index (χ3n) is 2.75. The maximum Gasteiger partial charge on any atom is 0.251 e. The van der Waals surface area contributed by atoms with Gasteiger partial charge in [0.15, 0.2) is 0 Å². The Hall–Kier alpha value is -1.66. The number of carbonyl (C=O) groups excluding carboxylic acids is 2. The summed E-state index contributed by atoms with van der Waals surface area (Å²) in [6, 6.07) is 10.9. The van der Waals surface area contributed by atoms with Gasteiger partial charge in [-0.15, -0.1) is 11.3 Å². The van der Waals surface area contributed by atoms with Gasteiger partial charge in [-0.2, -0.15) is 0 Å². The van der Waals surface area contributed by atoms with Crippen LogP contribution in [-0.4, -0.2) is 18.4 Å². The maximum absolute atomic E-state index is 12.0. The van der Waals surface area contributed by atoms with Gasteiger partial charge in [0.25, 0.3) is 5.91 Å². The highest BCUT2D eigenvalue weighted by Crippen LogP contribution is 2.22. The van der Waals surface area contributed by atoms with Crippen molar-refractivity contribution in [3.8, 4) is 0 Å². The molecule has 1 heterocycles. The molecule has 110 valence electrons. The van der Waals surface area contributed by atoms with Gasteiger partial charge in [0.05, 0.1) is 3.79 Å². The average molecular weight is 367 g/mol. The van der Waals surface area contributed by atoms with Crippen LogP contribution in [0.15, 0.2) is 40.2 Å². The van der Waals surface area contributed by atoms with Crippen molar-refractivity contribution in [2.45, 2.75) is 13.3 Å². The molecule has 0 spiro atoms. The molecule has 2 N–H and O–H groups in total. The number of hydrogen-bond donors (Lipinski definition) is 2. The molecule has 21 heavy (non-hydrogen) atoms. The molecule has 2 amide bonds. The zero-order chi connectivity index (χ0) is 15.2. The lowest BCUT2D eigenvalue weighted by atomic mass is 10.2. The second-order valence-corrected chi connectivity index (χ2v) is 7.02. The van der Waals surface area contributed by atoms with E-state index < -0.39 is 0 Å². The van der Waals surface area contributed by atoms with E-state index in [1.165, 1.54) is 11.8 Å². The third kappa shape index (κ3) is 4.99. The number of hydrogen-bond acceptors (Lipinski definition) is 3. The normalized spacial score (nSPS) is 10.2. The van der Waals surface area contributed by atoms with E-state index in [9.17, 15) is 9.59 Å². The minimum absolute atomic E-state index is 0.111. The van der Waals surface area contributed by atoms with Gasteiger partial charge in [0, 0.05) is 29.6 Å². The minimum Gasteiger partial charge on any atom is -0.352 e. The fourth-order valence-electron chi connectivity index (χ4n) is 1.80. The lowest BCUT2D eigenvalue weighted by Crippen LogP contribution is -2.25. The van der Waals surface area contributed by atoms with Crippen LogP contribution in [-0.2, 0) is 11.2 Å². The molecule has 0 saturated heterocycles. The molecular weight excluding hydrogens is 352 g/mol. The first-order chi connectivity index (χ1) is 10.0. The highest BCUT2D eigenvalue weighted by Gasteiger charge is 2.06. The second-order valence-electron chi connectivity index (χ2n) is 4.47. The lowest BCUT2D eigenvalue weighted by molar-refractivity contribution is -0.114. The summed E-state index contributed by atoms with van der Waals surface area (Å²) in [6.45, 7) is 2.04. The molecule has 1 aromatic carbocycles. The summed E-state index contributed by atoms with van der Waals surface area (Å²) in [5.74, 6) is -0.241. The van der Waals surface area contributed by atoms with Crippen LogP contribution in [0, 0.1) is 0 Å². The van der Waals surface area contributed by atoms with Crippen molar-refractivity contribution >= 4 is 44.8 Å². The predicted molar refractivity (Wildman–Crippen MR) is 88.8 cm³/mol. The van der Waals surface area contributed by atoms with Gasteiger partial charge in [-0.3, -0.25) is 9.59 Å². The topological polar surface area (TPSA) is 58.2 Å². The fraction of sp³-hybridized carbons (Fsp3) is 0.200. The molecule has 0 aliphatic rings. The van der Waals surface area contributed by atoms with Crippen LogP contribution in [0.2, 0.25) is 0 Å². The Morgan fingerprint density at radius 2 is 1.86 bits per heavy atom. The quantitative estimate of drug-likeness (QED) is 0.851. The van der Waals surface area contributed by atoms with Crippen LogP contribution in [0.5, 0.6) is 0 Å². The highest BCUT2D eigenvalue weighted by molar-refractivity contribution is 9.11. The number of thiophene rings is 1. The zero-order valence-corrected chi connectivity index (χ0v) is 13.9. The van der Waals surface area contributed by atoms with Crippen LogP contribution in [0.3, 0.4) is 0 Å². The maximum atomic E-state index is 12.0. The Morgan fingerprint density at radius 1 is 1.14 bits per heavy atom. The van der Waals surface area contributed by atoms with Crippen molar-refractivity contribution in [2.24, 2.45) is 0 Å². The Bertz CT molecular complexity index is 637. The van der Waals surface area contributed by atoms with Crippen LogP contribution in [0.25, 0.3) is 0 Å². The summed E-state index contributed by atoms with van der Waals surface area (Å²) in [5.41, 5.74) is 1.26. The van der Waals surface area contributed by atoms with Gasteiger partial charge in [-0.05, 0) is 58.7 Å². The van der Waals surface area contributed by atoms with E-state index >= 15 is 0 Å². The van der Waals surface area contributed by atoms with Gasteiger partial charge < -0.3 is 10.6 Å². The van der Waals surface area contributed by atoms with Crippen molar-refractivity contribution in [3.63, 3.8) is 0 Å². The number of nitrogens with one attached hydrogen (secondary N) is 2. The molecule has 0 aliphatic carbocycles. The van der Waals surface area contributed by atoms with Crippen LogP contribution in [0.1, 0.15) is 22.2 Å². The van der Waals surface area contributed by atoms with Gasteiger partial charge in [-0.1, -0.05) is 0 Å². The summed E-state index contributed by atoms with van der Waals surface area (Å²) in [5, 5.41) is 5.55. The molecule has 0 atom stereocenters. The second kappa shape index (κ2) is 7.38. The Morgan fingerprint density at radius 3 is 2.43 bits per heavy atom. The van der Waals surface area contributed by atoms with Crippen LogP contribution < -0.4 is 10.6 Å². The molecular formula is C15H15BrN2O2S. The predicted octanol–water partition coefficient (Wildman–Crippen LogP) is 3.44. The zero-order valence-electron chi connectivity index (χ0n) is 11.5. The van der Waals surface area contributed by atoms with Crippen LogP contribution >= 0.6 is 27.3 Å². The van der Waals surface area contributed by atoms with E-state index in [2.05, 4.69) is 26.6 Å². The summed E-state index contributed by atoms with van der Waals surface area (Å²) < 4.78 is 1.09. The first-order valence-electron chi connectivity index (χ1n) is 6.44. The SMILES string of the molecule is CC(=O)Nc1ccc(C(=O)NCCc2ccc(Br)s2)cc1. The van der Waals surface area contributed by atoms with E-state index in [4.69, 9.17) is 0 Å². The number of carbonyl (C=O) groups is 2. The number of halogens is 1. The van der Waals surface area contributed by atoms with Crippen molar-refractivity contribution in [2.75, 3.05) is 11.9 Å². The largest absolute Gasteiger partial charge is 0.352 e. The van der Waals surface area contributed by atoms with Gasteiger partial charge >= 0.3 is 0 Å². The summed E-state index contributed by atoms with van der Waals surface area (Å²) in [6.07, 6.45) is 0.811. The molecule has 2 aromatic rings. The van der Waals surface area contributed by atoms with Crippen molar-refractivity contribution in [3.05, 3.63) is 50.6 Å².